The SMILES string of the molecule is CC1CCC(NC(=O)c2cc(Cl)c[nH]2)CC1. The van der Waals surface area contributed by atoms with Crippen molar-refractivity contribution in [2.45, 2.75) is 38.6 Å². The van der Waals surface area contributed by atoms with Crippen molar-refractivity contribution >= 4 is 17.5 Å². The molecule has 1 aromatic rings. The van der Waals surface area contributed by atoms with Gasteiger partial charge in [0.05, 0.1) is 5.02 Å². The van der Waals surface area contributed by atoms with E-state index < -0.39 is 0 Å². The van der Waals surface area contributed by atoms with Gasteiger partial charge in [0.2, 0.25) is 0 Å². The first-order valence-electron chi connectivity index (χ1n) is 5.80. The van der Waals surface area contributed by atoms with E-state index in [4.69, 9.17) is 11.6 Å². The fourth-order valence-corrected chi connectivity index (χ4v) is 2.33. The normalized spacial score (nSPS) is 25.4. The fourth-order valence-electron chi connectivity index (χ4n) is 2.17. The van der Waals surface area contributed by atoms with E-state index in [1.165, 1.54) is 12.8 Å². The maximum Gasteiger partial charge on any atom is 0.267 e. The highest BCUT2D eigenvalue weighted by Gasteiger charge is 2.20. The van der Waals surface area contributed by atoms with E-state index in [0.29, 0.717) is 16.8 Å². The number of amides is 1. The Morgan fingerprint density at radius 2 is 2.12 bits per heavy atom. The largest absolute Gasteiger partial charge is 0.356 e. The van der Waals surface area contributed by atoms with Gasteiger partial charge in [0.15, 0.2) is 0 Å². The smallest absolute Gasteiger partial charge is 0.267 e. The number of hydrogen-bond donors (Lipinski definition) is 2. The van der Waals surface area contributed by atoms with Crippen molar-refractivity contribution in [3.05, 3.63) is 23.0 Å². The number of halogens is 1. The number of rotatable bonds is 2. The molecule has 0 atom stereocenters. The van der Waals surface area contributed by atoms with Gasteiger partial charge in [-0.2, -0.15) is 0 Å². The van der Waals surface area contributed by atoms with E-state index in [1.807, 2.05) is 0 Å². The van der Waals surface area contributed by atoms with Crippen LogP contribution in [0.25, 0.3) is 0 Å². The maximum atomic E-state index is 11.8. The predicted octanol–water partition coefficient (Wildman–Crippen LogP) is 2.98. The van der Waals surface area contributed by atoms with Crippen LogP contribution in [0.3, 0.4) is 0 Å². The lowest BCUT2D eigenvalue weighted by atomic mass is 9.87. The second kappa shape index (κ2) is 4.91. The van der Waals surface area contributed by atoms with Crippen LogP contribution in [0.1, 0.15) is 43.1 Å². The van der Waals surface area contributed by atoms with Crippen LogP contribution in [0.5, 0.6) is 0 Å². The van der Waals surface area contributed by atoms with Crippen LogP contribution in [0, 0.1) is 5.92 Å². The van der Waals surface area contributed by atoms with E-state index >= 15 is 0 Å². The lowest BCUT2D eigenvalue weighted by molar-refractivity contribution is 0.0918. The molecule has 2 rings (SSSR count). The Balaban J connectivity index is 1.88. The molecule has 0 saturated heterocycles. The molecular formula is C12H17ClN2O. The zero-order valence-corrected chi connectivity index (χ0v) is 10.2. The van der Waals surface area contributed by atoms with Crippen molar-refractivity contribution in [3.8, 4) is 0 Å². The molecule has 1 aromatic heterocycles. The maximum absolute atomic E-state index is 11.8. The number of hydrogen-bond acceptors (Lipinski definition) is 1. The number of H-pyrrole nitrogens is 1. The van der Waals surface area contributed by atoms with Crippen molar-refractivity contribution in [2.24, 2.45) is 5.92 Å². The van der Waals surface area contributed by atoms with Crippen molar-refractivity contribution in [1.82, 2.24) is 10.3 Å². The Bertz CT molecular complexity index is 367. The molecule has 1 fully saturated rings. The summed E-state index contributed by atoms with van der Waals surface area (Å²) in [6.07, 6.45) is 6.20. The van der Waals surface area contributed by atoms with Crippen LogP contribution in [0.15, 0.2) is 12.3 Å². The number of aromatic nitrogens is 1. The molecule has 1 heterocycles. The molecule has 16 heavy (non-hydrogen) atoms. The first-order valence-corrected chi connectivity index (χ1v) is 6.17. The van der Waals surface area contributed by atoms with Crippen LogP contribution < -0.4 is 5.32 Å². The Kier molecular flexibility index (Phi) is 3.54. The van der Waals surface area contributed by atoms with Crippen molar-refractivity contribution in [2.75, 3.05) is 0 Å². The second-order valence-electron chi connectivity index (χ2n) is 4.66. The highest BCUT2D eigenvalue weighted by Crippen LogP contribution is 2.23. The van der Waals surface area contributed by atoms with Crippen LogP contribution >= 0.6 is 11.6 Å². The monoisotopic (exact) mass is 240 g/mol. The van der Waals surface area contributed by atoms with Gasteiger partial charge in [-0.1, -0.05) is 18.5 Å². The van der Waals surface area contributed by atoms with E-state index in [1.54, 1.807) is 12.3 Å². The topological polar surface area (TPSA) is 44.9 Å². The number of nitrogens with one attached hydrogen (secondary N) is 2. The van der Waals surface area contributed by atoms with Crippen molar-refractivity contribution < 1.29 is 4.79 Å². The highest BCUT2D eigenvalue weighted by molar-refractivity contribution is 6.30. The molecule has 1 aliphatic carbocycles. The zero-order valence-electron chi connectivity index (χ0n) is 9.42. The van der Waals surface area contributed by atoms with Gasteiger partial charge < -0.3 is 10.3 Å². The summed E-state index contributed by atoms with van der Waals surface area (Å²) in [7, 11) is 0. The molecule has 2 N–H and O–H groups in total. The lowest BCUT2D eigenvalue weighted by Crippen LogP contribution is -2.37. The van der Waals surface area contributed by atoms with E-state index in [-0.39, 0.29) is 5.91 Å². The molecule has 4 heteroatoms. The molecule has 0 unspecified atom stereocenters. The van der Waals surface area contributed by atoms with Gasteiger partial charge in [-0.05, 0) is 37.7 Å². The summed E-state index contributed by atoms with van der Waals surface area (Å²) in [5.74, 6) is 0.750. The summed E-state index contributed by atoms with van der Waals surface area (Å²) >= 11 is 5.76. The predicted molar refractivity (Wildman–Crippen MR) is 64.7 cm³/mol. The number of carbonyl (C=O) groups is 1. The molecule has 0 aliphatic heterocycles. The highest BCUT2D eigenvalue weighted by atomic mass is 35.5. The first-order chi connectivity index (χ1) is 7.65. The molecule has 1 amide bonds. The zero-order chi connectivity index (χ0) is 11.5. The van der Waals surface area contributed by atoms with Crippen LogP contribution in [-0.4, -0.2) is 16.9 Å². The molecule has 0 spiro atoms. The van der Waals surface area contributed by atoms with Gasteiger partial charge >= 0.3 is 0 Å². The number of aromatic amines is 1. The molecular weight excluding hydrogens is 224 g/mol. The van der Waals surface area contributed by atoms with Crippen molar-refractivity contribution in [1.29, 1.82) is 0 Å². The summed E-state index contributed by atoms with van der Waals surface area (Å²) in [6, 6.07) is 1.98. The van der Waals surface area contributed by atoms with E-state index in [2.05, 4.69) is 17.2 Å². The van der Waals surface area contributed by atoms with Crippen molar-refractivity contribution in [3.63, 3.8) is 0 Å². The van der Waals surface area contributed by atoms with Gasteiger partial charge in [-0.25, -0.2) is 0 Å². The first kappa shape index (κ1) is 11.5. The minimum atomic E-state index is -0.0496. The molecule has 0 bridgehead atoms. The van der Waals surface area contributed by atoms with Crippen LogP contribution in [0.2, 0.25) is 5.02 Å². The third kappa shape index (κ3) is 2.79. The fraction of sp³-hybridized carbons (Fsp3) is 0.583. The molecule has 0 radical (unpaired) electrons. The number of carbonyl (C=O) groups excluding carboxylic acids is 1. The van der Waals surface area contributed by atoms with E-state index in [0.717, 1.165) is 18.8 Å². The Morgan fingerprint density at radius 3 is 2.69 bits per heavy atom. The minimum absolute atomic E-state index is 0.0496. The summed E-state index contributed by atoms with van der Waals surface area (Å²) in [6.45, 7) is 2.27. The van der Waals surface area contributed by atoms with Crippen LogP contribution in [-0.2, 0) is 0 Å². The summed E-state index contributed by atoms with van der Waals surface area (Å²) < 4.78 is 0. The van der Waals surface area contributed by atoms with E-state index in [9.17, 15) is 4.79 Å². The quantitative estimate of drug-likeness (QED) is 0.820. The van der Waals surface area contributed by atoms with Gasteiger partial charge in [0, 0.05) is 12.2 Å². The average Bonchev–Trinajstić information content (AvgIpc) is 2.68. The molecule has 1 aliphatic rings. The second-order valence-corrected chi connectivity index (χ2v) is 5.10. The van der Waals surface area contributed by atoms with Gasteiger partial charge in [0.25, 0.3) is 5.91 Å². The lowest BCUT2D eigenvalue weighted by Gasteiger charge is -2.26. The minimum Gasteiger partial charge on any atom is -0.356 e. The third-order valence-corrected chi connectivity index (χ3v) is 3.46. The third-order valence-electron chi connectivity index (χ3n) is 3.24. The van der Waals surface area contributed by atoms with Gasteiger partial charge in [-0.3, -0.25) is 4.79 Å². The molecule has 0 aromatic carbocycles. The van der Waals surface area contributed by atoms with Gasteiger partial charge in [-0.15, -0.1) is 0 Å². The molecule has 1 saturated carbocycles. The van der Waals surface area contributed by atoms with Crippen LogP contribution in [0.4, 0.5) is 0 Å². The van der Waals surface area contributed by atoms with Gasteiger partial charge in [0.1, 0.15) is 5.69 Å². The summed E-state index contributed by atoms with van der Waals surface area (Å²) in [4.78, 5) is 14.7. The molecule has 3 nitrogen and oxygen atoms in total. The summed E-state index contributed by atoms with van der Waals surface area (Å²) in [5, 5.41) is 3.61. The summed E-state index contributed by atoms with van der Waals surface area (Å²) in [5.41, 5.74) is 0.545. The Hall–Kier alpha value is -0.960. The standard InChI is InChI=1S/C12H17ClN2O/c1-8-2-4-10(5-3-8)15-12(16)11-6-9(13)7-14-11/h6-8,10,14H,2-5H2,1H3,(H,15,16). The Labute approximate surface area is 101 Å². The molecule has 88 valence electrons. The average molecular weight is 241 g/mol. The Morgan fingerprint density at radius 1 is 1.44 bits per heavy atom.